The van der Waals surface area contributed by atoms with Crippen LogP contribution in [0.4, 0.5) is 0 Å². The Bertz CT molecular complexity index is 285. The summed E-state index contributed by atoms with van der Waals surface area (Å²) in [6.07, 6.45) is 2.54. The van der Waals surface area contributed by atoms with E-state index in [9.17, 15) is 9.59 Å². The van der Waals surface area contributed by atoms with Gasteiger partial charge in [0.05, 0.1) is 13.2 Å². The van der Waals surface area contributed by atoms with Gasteiger partial charge in [0, 0.05) is 0 Å². The molecule has 0 aromatic carbocycles. The highest BCUT2D eigenvalue weighted by Gasteiger charge is 2.23. The normalized spacial score (nSPS) is 11.9. The second kappa shape index (κ2) is 8.72. The van der Waals surface area contributed by atoms with Gasteiger partial charge in [-0.3, -0.25) is 0 Å². The van der Waals surface area contributed by atoms with Gasteiger partial charge < -0.3 is 9.47 Å². The number of esters is 2. The number of ether oxygens (including phenoxy) is 2. The minimum absolute atomic E-state index is 0.0132. The molecule has 0 aromatic heterocycles. The van der Waals surface area contributed by atoms with Gasteiger partial charge >= 0.3 is 11.9 Å². The number of hydrogen-bond acceptors (Lipinski definition) is 4. The standard InChI is InChI=1S/C14H24O4/c1-6-11(10(4)5)9-12(13(15)17-7-2)14(16)18-8-3/h9-11H,6-8H2,1-5H3. The Morgan fingerprint density at radius 2 is 1.44 bits per heavy atom. The molecule has 104 valence electrons. The number of hydrogen-bond donors (Lipinski definition) is 0. The van der Waals surface area contributed by atoms with Crippen molar-refractivity contribution in [1.29, 1.82) is 0 Å². The zero-order valence-electron chi connectivity index (χ0n) is 12.0. The predicted molar refractivity (Wildman–Crippen MR) is 70.0 cm³/mol. The summed E-state index contributed by atoms with van der Waals surface area (Å²) < 4.78 is 9.78. The van der Waals surface area contributed by atoms with Crippen molar-refractivity contribution in [3.05, 3.63) is 11.6 Å². The van der Waals surface area contributed by atoms with Crippen molar-refractivity contribution in [2.75, 3.05) is 13.2 Å². The van der Waals surface area contributed by atoms with E-state index in [2.05, 4.69) is 13.8 Å². The van der Waals surface area contributed by atoms with E-state index in [0.717, 1.165) is 6.42 Å². The molecule has 0 spiro atoms. The topological polar surface area (TPSA) is 52.6 Å². The van der Waals surface area contributed by atoms with Gasteiger partial charge in [-0.15, -0.1) is 0 Å². The number of rotatable bonds is 7. The van der Waals surface area contributed by atoms with Crippen molar-refractivity contribution >= 4 is 11.9 Å². The van der Waals surface area contributed by atoms with Crippen LogP contribution in [0.5, 0.6) is 0 Å². The molecule has 0 saturated heterocycles. The van der Waals surface area contributed by atoms with Crippen molar-refractivity contribution in [2.45, 2.75) is 41.0 Å². The van der Waals surface area contributed by atoms with E-state index >= 15 is 0 Å². The largest absolute Gasteiger partial charge is 0.462 e. The van der Waals surface area contributed by atoms with Crippen LogP contribution in [0.1, 0.15) is 41.0 Å². The molecule has 0 aliphatic carbocycles. The fraction of sp³-hybridized carbons (Fsp3) is 0.714. The highest BCUT2D eigenvalue weighted by atomic mass is 16.6. The Balaban J connectivity index is 5.11. The molecule has 0 aliphatic rings. The zero-order chi connectivity index (χ0) is 14.1. The van der Waals surface area contributed by atoms with E-state index < -0.39 is 11.9 Å². The summed E-state index contributed by atoms with van der Waals surface area (Å²) in [4.78, 5) is 23.5. The predicted octanol–water partition coefficient (Wildman–Crippen LogP) is 2.72. The summed E-state index contributed by atoms with van der Waals surface area (Å²) in [5, 5.41) is 0. The molecule has 0 N–H and O–H groups in total. The molecule has 1 atom stereocenters. The Morgan fingerprint density at radius 1 is 1.00 bits per heavy atom. The Labute approximate surface area is 109 Å². The molecule has 18 heavy (non-hydrogen) atoms. The summed E-state index contributed by atoms with van der Waals surface area (Å²) in [5.74, 6) is -0.687. The maximum Gasteiger partial charge on any atom is 0.345 e. The Morgan fingerprint density at radius 3 is 1.72 bits per heavy atom. The third-order valence-corrected chi connectivity index (χ3v) is 2.70. The molecular weight excluding hydrogens is 232 g/mol. The van der Waals surface area contributed by atoms with E-state index in [4.69, 9.17) is 9.47 Å². The third-order valence-electron chi connectivity index (χ3n) is 2.70. The molecule has 0 radical (unpaired) electrons. The highest BCUT2D eigenvalue weighted by molar-refractivity contribution is 6.14. The summed E-state index contributed by atoms with van der Waals surface area (Å²) in [6, 6.07) is 0. The monoisotopic (exact) mass is 256 g/mol. The summed E-state index contributed by atoms with van der Waals surface area (Å²) in [7, 11) is 0. The quantitative estimate of drug-likeness (QED) is 0.304. The molecule has 0 amide bonds. The molecule has 0 heterocycles. The summed E-state index contributed by atoms with van der Waals surface area (Å²) in [6.45, 7) is 10.0. The van der Waals surface area contributed by atoms with Gasteiger partial charge in [-0.1, -0.05) is 26.8 Å². The summed E-state index contributed by atoms with van der Waals surface area (Å²) >= 11 is 0. The van der Waals surface area contributed by atoms with Crippen LogP contribution in [-0.4, -0.2) is 25.2 Å². The van der Waals surface area contributed by atoms with Crippen LogP contribution in [0, 0.1) is 11.8 Å². The van der Waals surface area contributed by atoms with Crippen LogP contribution in [0.15, 0.2) is 11.6 Å². The molecule has 0 bridgehead atoms. The molecule has 1 unspecified atom stereocenters. The zero-order valence-corrected chi connectivity index (χ0v) is 12.0. The molecule has 0 aromatic rings. The van der Waals surface area contributed by atoms with Gasteiger partial charge in [0.25, 0.3) is 0 Å². The van der Waals surface area contributed by atoms with Crippen LogP contribution >= 0.6 is 0 Å². The number of carbonyl (C=O) groups excluding carboxylic acids is 2. The smallest absolute Gasteiger partial charge is 0.345 e. The highest BCUT2D eigenvalue weighted by Crippen LogP contribution is 2.19. The van der Waals surface area contributed by atoms with Crippen LogP contribution < -0.4 is 0 Å². The van der Waals surface area contributed by atoms with E-state index in [-0.39, 0.29) is 24.7 Å². The average molecular weight is 256 g/mol. The van der Waals surface area contributed by atoms with E-state index in [1.165, 1.54) is 0 Å². The first kappa shape index (κ1) is 16.7. The second-order valence-electron chi connectivity index (χ2n) is 4.34. The molecule has 4 nitrogen and oxygen atoms in total. The Kier molecular flexibility index (Phi) is 8.08. The second-order valence-corrected chi connectivity index (χ2v) is 4.34. The lowest BCUT2D eigenvalue weighted by atomic mass is 9.91. The number of allylic oxidation sites excluding steroid dienone is 1. The fourth-order valence-electron chi connectivity index (χ4n) is 1.63. The van der Waals surface area contributed by atoms with Gasteiger partial charge in [-0.05, 0) is 32.1 Å². The lowest BCUT2D eigenvalue weighted by molar-refractivity contribution is -0.146. The van der Waals surface area contributed by atoms with Crippen molar-refractivity contribution < 1.29 is 19.1 Å². The van der Waals surface area contributed by atoms with Gasteiger partial charge in [0.1, 0.15) is 5.57 Å². The van der Waals surface area contributed by atoms with Crippen LogP contribution in [0.25, 0.3) is 0 Å². The van der Waals surface area contributed by atoms with Crippen molar-refractivity contribution in [1.82, 2.24) is 0 Å². The van der Waals surface area contributed by atoms with Crippen molar-refractivity contribution in [2.24, 2.45) is 11.8 Å². The van der Waals surface area contributed by atoms with Gasteiger partial charge in [-0.2, -0.15) is 0 Å². The molecule has 0 saturated carbocycles. The van der Waals surface area contributed by atoms with Gasteiger partial charge in [0.15, 0.2) is 0 Å². The fourth-order valence-corrected chi connectivity index (χ4v) is 1.63. The van der Waals surface area contributed by atoms with Crippen molar-refractivity contribution in [3.8, 4) is 0 Å². The SMILES string of the molecule is CCOC(=O)C(=CC(CC)C(C)C)C(=O)OCC. The minimum Gasteiger partial charge on any atom is -0.462 e. The maximum absolute atomic E-state index is 11.7. The minimum atomic E-state index is -0.602. The molecule has 0 aliphatic heterocycles. The lowest BCUT2D eigenvalue weighted by Gasteiger charge is -2.16. The molecule has 4 heteroatoms. The summed E-state index contributed by atoms with van der Waals surface area (Å²) in [5.41, 5.74) is 0.0132. The van der Waals surface area contributed by atoms with Gasteiger partial charge in [-0.25, -0.2) is 9.59 Å². The Hall–Kier alpha value is -1.32. The maximum atomic E-state index is 11.7. The third kappa shape index (κ3) is 5.34. The van der Waals surface area contributed by atoms with E-state index in [1.807, 2.05) is 6.92 Å². The van der Waals surface area contributed by atoms with E-state index in [0.29, 0.717) is 5.92 Å². The molecule has 0 fully saturated rings. The first-order chi connectivity index (χ1) is 8.47. The average Bonchev–Trinajstić information content (AvgIpc) is 2.30. The van der Waals surface area contributed by atoms with Crippen LogP contribution in [0.3, 0.4) is 0 Å². The van der Waals surface area contributed by atoms with Crippen LogP contribution in [-0.2, 0) is 19.1 Å². The molecular formula is C14H24O4. The first-order valence-corrected chi connectivity index (χ1v) is 6.53. The molecule has 0 rings (SSSR count). The first-order valence-electron chi connectivity index (χ1n) is 6.53. The van der Waals surface area contributed by atoms with Crippen molar-refractivity contribution in [3.63, 3.8) is 0 Å². The lowest BCUT2D eigenvalue weighted by Crippen LogP contribution is -2.20. The van der Waals surface area contributed by atoms with Gasteiger partial charge in [0.2, 0.25) is 0 Å². The number of carbonyl (C=O) groups is 2. The van der Waals surface area contributed by atoms with E-state index in [1.54, 1.807) is 19.9 Å². The van der Waals surface area contributed by atoms with Crippen LogP contribution in [0.2, 0.25) is 0 Å².